The van der Waals surface area contributed by atoms with Crippen molar-refractivity contribution in [3.05, 3.63) is 23.8 Å². The highest BCUT2D eigenvalue weighted by atomic mass is 35.5. The predicted molar refractivity (Wildman–Crippen MR) is 90.0 cm³/mol. The Balaban J connectivity index is 0.00000220. The number of hydrogen-bond acceptors (Lipinski definition) is 3. The first-order chi connectivity index (χ1) is 9.85. The van der Waals surface area contributed by atoms with Gasteiger partial charge in [-0.1, -0.05) is 25.8 Å². The van der Waals surface area contributed by atoms with Crippen molar-refractivity contribution in [2.75, 3.05) is 33.4 Å². The third-order valence-corrected chi connectivity index (χ3v) is 4.03. The maximum Gasteiger partial charge on any atom is 0.126 e. The fraction of sp³-hybridized carbons (Fsp3) is 0.647. The molecule has 1 aliphatic heterocycles. The van der Waals surface area contributed by atoms with Gasteiger partial charge in [-0.05, 0) is 44.5 Å². The van der Waals surface area contributed by atoms with Gasteiger partial charge in [-0.15, -0.1) is 12.4 Å². The van der Waals surface area contributed by atoms with Crippen LogP contribution in [0.5, 0.6) is 11.5 Å². The van der Waals surface area contributed by atoms with Crippen LogP contribution >= 0.6 is 12.4 Å². The number of rotatable bonds is 6. The molecule has 0 aromatic heterocycles. The van der Waals surface area contributed by atoms with Gasteiger partial charge in [0.15, 0.2) is 0 Å². The minimum atomic E-state index is 0. The third kappa shape index (κ3) is 5.40. The van der Waals surface area contributed by atoms with Crippen LogP contribution in [-0.2, 0) is 6.42 Å². The molecule has 120 valence electrons. The van der Waals surface area contributed by atoms with Crippen LogP contribution in [0.1, 0.15) is 38.2 Å². The zero-order valence-electron chi connectivity index (χ0n) is 13.3. The normalized spacial score (nSPS) is 15.9. The van der Waals surface area contributed by atoms with E-state index in [9.17, 15) is 0 Å². The summed E-state index contributed by atoms with van der Waals surface area (Å²) in [5.74, 6) is 1.90. The number of methoxy groups -OCH3 is 1. The van der Waals surface area contributed by atoms with E-state index in [0.717, 1.165) is 31.1 Å². The van der Waals surface area contributed by atoms with Crippen molar-refractivity contribution in [1.82, 2.24) is 4.90 Å². The summed E-state index contributed by atoms with van der Waals surface area (Å²) in [4.78, 5) is 2.53. The largest absolute Gasteiger partial charge is 0.496 e. The lowest BCUT2D eigenvalue weighted by molar-refractivity contribution is 0.212. The van der Waals surface area contributed by atoms with Crippen molar-refractivity contribution in [3.8, 4) is 11.5 Å². The summed E-state index contributed by atoms with van der Waals surface area (Å²) in [7, 11) is 1.72. The molecule has 1 aromatic carbocycles. The van der Waals surface area contributed by atoms with E-state index in [4.69, 9.17) is 9.47 Å². The number of halogens is 1. The number of nitrogens with zero attached hydrogens (tertiary/aromatic N) is 1. The Hall–Kier alpha value is -0.930. The van der Waals surface area contributed by atoms with Crippen LogP contribution < -0.4 is 9.47 Å². The maximum atomic E-state index is 5.99. The molecule has 1 heterocycles. The van der Waals surface area contributed by atoms with E-state index in [1.807, 2.05) is 18.2 Å². The summed E-state index contributed by atoms with van der Waals surface area (Å²) < 4.78 is 11.4. The number of likely N-dealkylation sites (tertiary alicyclic amines) is 1. The fourth-order valence-electron chi connectivity index (χ4n) is 2.86. The summed E-state index contributed by atoms with van der Waals surface area (Å²) in [6.07, 6.45) is 6.36. The smallest absolute Gasteiger partial charge is 0.126 e. The Morgan fingerprint density at radius 1 is 1.05 bits per heavy atom. The van der Waals surface area contributed by atoms with Crippen LogP contribution in [0.15, 0.2) is 18.2 Å². The van der Waals surface area contributed by atoms with Crippen LogP contribution in [-0.4, -0.2) is 38.3 Å². The maximum absolute atomic E-state index is 5.99. The average molecular weight is 314 g/mol. The first-order valence-corrected chi connectivity index (χ1v) is 7.86. The van der Waals surface area contributed by atoms with E-state index >= 15 is 0 Å². The number of ether oxygens (including phenoxy) is 2. The molecule has 0 atom stereocenters. The summed E-state index contributed by atoms with van der Waals surface area (Å²) in [6, 6.07) is 6.05. The molecule has 0 N–H and O–H groups in total. The van der Waals surface area contributed by atoms with Crippen LogP contribution in [0.2, 0.25) is 0 Å². The van der Waals surface area contributed by atoms with E-state index in [1.54, 1.807) is 7.11 Å². The highest BCUT2D eigenvalue weighted by molar-refractivity contribution is 5.85. The summed E-state index contributed by atoms with van der Waals surface area (Å²) in [5.41, 5.74) is 1.17. The first-order valence-electron chi connectivity index (χ1n) is 7.86. The Morgan fingerprint density at radius 2 is 1.71 bits per heavy atom. The van der Waals surface area contributed by atoms with Gasteiger partial charge in [0.05, 0.1) is 7.11 Å². The van der Waals surface area contributed by atoms with Crippen molar-refractivity contribution in [1.29, 1.82) is 0 Å². The van der Waals surface area contributed by atoms with Crippen molar-refractivity contribution in [3.63, 3.8) is 0 Å². The van der Waals surface area contributed by atoms with Gasteiger partial charge in [-0.2, -0.15) is 0 Å². The van der Waals surface area contributed by atoms with Gasteiger partial charge in [-0.3, -0.25) is 4.90 Å². The highest BCUT2D eigenvalue weighted by Crippen LogP contribution is 2.28. The minimum absolute atomic E-state index is 0. The average Bonchev–Trinajstić information content (AvgIpc) is 2.75. The molecule has 0 amide bonds. The topological polar surface area (TPSA) is 21.7 Å². The molecular formula is C17H28ClNO2. The summed E-state index contributed by atoms with van der Waals surface area (Å²) >= 11 is 0. The molecule has 0 aliphatic carbocycles. The predicted octanol–water partition coefficient (Wildman–Crippen LogP) is 3.93. The van der Waals surface area contributed by atoms with Crippen molar-refractivity contribution < 1.29 is 9.47 Å². The minimum Gasteiger partial charge on any atom is -0.496 e. The molecule has 1 fully saturated rings. The van der Waals surface area contributed by atoms with Gasteiger partial charge in [0.1, 0.15) is 18.1 Å². The van der Waals surface area contributed by atoms with Gasteiger partial charge in [0.2, 0.25) is 0 Å². The van der Waals surface area contributed by atoms with Crippen molar-refractivity contribution in [2.24, 2.45) is 0 Å². The molecular weight excluding hydrogens is 286 g/mol. The molecule has 1 saturated heterocycles. The van der Waals surface area contributed by atoms with Crippen molar-refractivity contribution >= 4 is 12.4 Å². The molecule has 3 nitrogen and oxygen atoms in total. The Bertz CT molecular complexity index is 404. The molecule has 0 unspecified atom stereocenters. The van der Waals surface area contributed by atoms with Gasteiger partial charge < -0.3 is 9.47 Å². The Morgan fingerprint density at radius 3 is 2.33 bits per heavy atom. The molecule has 1 aliphatic rings. The fourth-order valence-corrected chi connectivity index (χ4v) is 2.86. The van der Waals surface area contributed by atoms with Crippen molar-refractivity contribution in [2.45, 2.75) is 39.0 Å². The summed E-state index contributed by atoms with van der Waals surface area (Å²) in [5, 5.41) is 0. The number of hydrogen-bond donors (Lipinski definition) is 0. The molecule has 0 radical (unpaired) electrons. The van der Waals surface area contributed by atoms with Crippen LogP contribution in [0, 0.1) is 0 Å². The molecule has 0 spiro atoms. The Labute approximate surface area is 135 Å². The zero-order valence-corrected chi connectivity index (χ0v) is 14.1. The molecule has 0 saturated carbocycles. The lowest BCUT2D eigenvalue weighted by Gasteiger charge is -2.20. The SMILES string of the molecule is CCc1c(OC)cccc1OCCN1CCCCCC1.Cl. The second-order valence-electron chi connectivity index (χ2n) is 5.39. The lowest BCUT2D eigenvalue weighted by Crippen LogP contribution is -2.29. The van der Waals surface area contributed by atoms with Gasteiger partial charge >= 0.3 is 0 Å². The van der Waals surface area contributed by atoms with Gasteiger partial charge in [0.25, 0.3) is 0 Å². The number of benzene rings is 1. The summed E-state index contributed by atoms with van der Waals surface area (Å²) in [6.45, 7) is 6.38. The Kier molecular flexibility index (Phi) is 8.55. The lowest BCUT2D eigenvalue weighted by atomic mass is 10.1. The van der Waals surface area contributed by atoms with E-state index in [0.29, 0.717) is 0 Å². The van der Waals surface area contributed by atoms with E-state index in [1.165, 1.54) is 44.3 Å². The van der Waals surface area contributed by atoms with Gasteiger partial charge in [0, 0.05) is 12.1 Å². The van der Waals surface area contributed by atoms with Crippen LogP contribution in [0.3, 0.4) is 0 Å². The van der Waals surface area contributed by atoms with Crippen LogP contribution in [0.4, 0.5) is 0 Å². The molecule has 21 heavy (non-hydrogen) atoms. The monoisotopic (exact) mass is 313 g/mol. The standard InChI is InChI=1S/C17H27NO2.ClH/c1-3-15-16(19-2)9-8-10-17(15)20-14-13-18-11-6-4-5-7-12-18;/h8-10H,3-7,11-14H2,1-2H3;1H. The van der Waals surface area contributed by atoms with E-state index in [2.05, 4.69) is 11.8 Å². The first kappa shape index (κ1) is 18.1. The van der Waals surface area contributed by atoms with Crippen LogP contribution in [0.25, 0.3) is 0 Å². The highest BCUT2D eigenvalue weighted by Gasteiger charge is 2.11. The molecule has 4 heteroatoms. The third-order valence-electron chi connectivity index (χ3n) is 4.03. The quantitative estimate of drug-likeness (QED) is 0.794. The molecule has 0 bridgehead atoms. The second-order valence-corrected chi connectivity index (χ2v) is 5.39. The molecule has 2 rings (SSSR count). The second kappa shape index (κ2) is 9.91. The molecule has 1 aromatic rings. The van der Waals surface area contributed by atoms with Gasteiger partial charge in [-0.25, -0.2) is 0 Å². The van der Waals surface area contributed by atoms with E-state index in [-0.39, 0.29) is 12.4 Å². The van der Waals surface area contributed by atoms with E-state index < -0.39 is 0 Å². The zero-order chi connectivity index (χ0) is 14.2.